The first-order chi connectivity index (χ1) is 9.78. The number of rotatable bonds is 8. The molecule has 4 heteroatoms. The average Bonchev–Trinajstić information content (AvgIpc) is 2.89. The fraction of sp³-hybridized carbons (Fsp3) is 0.625. The number of likely N-dealkylation sites (tertiary alicyclic amines) is 1. The quantitative estimate of drug-likeness (QED) is 0.619. The van der Waals surface area contributed by atoms with Gasteiger partial charge in [0, 0.05) is 38.3 Å². The van der Waals surface area contributed by atoms with E-state index in [1.807, 2.05) is 0 Å². The normalized spacial score (nSPS) is 23.3. The van der Waals surface area contributed by atoms with E-state index >= 15 is 0 Å². The Morgan fingerprint density at radius 1 is 1.25 bits per heavy atom. The topological polar surface area (TPSA) is 61.5 Å². The molecular weight excluding hydrogens is 250 g/mol. The van der Waals surface area contributed by atoms with Crippen LogP contribution in [-0.4, -0.2) is 48.3 Å². The van der Waals surface area contributed by atoms with Crippen LogP contribution in [0.25, 0.3) is 0 Å². The molecule has 0 bridgehead atoms. The number of aliphatic hydroxyl groups is 1. The van der Waals surface area contributed by atoms with Crippen LogP contribution in [0.3, 0.4) is 0 Å². The maximum atomic E-state index is 8.83. The first-order valence-corrected chi connectivity index (χ1v) is 7.60. The van der Waals surface area contributed by atoms with Crippen LogP contribution in [0.1, 0.15) is 24.8 Å². The Morgan fingerprint density at radius 2 is 2.05 bits per heavy atom. The Hall–Kier alpha value is -0.940. The summed E-state index contributed by atoms with van der Waals surface area (Å²) in [6.45, 7) is 5.00. The van der Waals surface area contributed by atoms with Gasteiger partial charge in [-0.25, -0.2) is 0 Å². The summed E-state index contributed by atoms with van der Waals surface area (Å²) in [6.07, 6.45) is 2.98. The lowest BCUT2D eigenvalue weighted by Crippen LogP contribution is -2.53. The van der Waals surface area contributed by atoms with Crippen LogP contribution >= 0.6 is 0 Å². The van der Waals surface area contributed by atoms with Gasteiger partial charge in [-0.15, -0.1) is 0 Å². The zero-order chi connectivity index (χ0) is 14.3. The van der Waals surface area contributed by atoms with Gasteiger partial charge >= 0.3 is 0 Å². The number of nitrogens with one attached hydrogen (secondary N) is 1. The Labute approximate surface area is 122 Å². The number of hydrogen-bond donors (Lipinski definition) is 3. The van der Waals surface area contributed by atoms with Gasteiger partial charge in [-0.1, -0.05) is 30.3 Å². The van der Waals surface area contributed by atoms with Crippen molar-refractivity contribution >= 4 is 0 Å². The Kier molecular flexibility index (Phi) is 5.98. The molecule has 1 aliphatic heterocycles. The van der Waals surface area contributed by atoms with Gasteiger partial charge in [0.2, 0.25) is 0 Å². The third-order valence-electron chi connectivity index (χ3n) is 4.16. The molecule has 4 N–H and O–H groups in total. The van der Waals surface area contributed by atoms with Crippen LogP contribution in [0.4, 0.5) is 0 Å². The van der Waals surface area contributed by atoms with E-state index in [0.717, 1.165) is 45.4 Å². The SMILES string of the molecule is NCC1(NCCCCO)CCN(Cc2ccccc2)C1. The lowest BCUT2D eigenvalue weighted by molar-refractivity contribution is 0.263. The largest absolute Gasteiger partial charge is 0.396 e. The molecule has 2 rings (SSSR count). The fourth-order valence-corrected chi connectivity index (χ4v) is 2.91. The molecule has 0 saturated carbocycles. The summed E-state index contributed by atoms with van der Waals surface area (Å²) in [7, 11) is 0. The molecule has 1 heterocycles. The maximum absolute atomic E-state index is 8.83. The summed E-state index contributed by atoms with van der Waals surface area (Å²) in [5.74, 6) is 0. The first-order valence-electron chi connectivity index (χ1n) is 7.60. The first kappa shape index (κ1) is 15.4. The number of benzene rings is 1. The molecule has 0 radical (unpaired) electrons. The van der Waals surface area contributed by atoms with Crippen molar-refractivity contribution in [2.45, 2.75) is 31.3 Å². The van der Waals surface area contributed by atoms with Gasteiger partial charge in [-0.05, 0) is 31.4 Å². The Morgan fingerprint density at radius 3 is 2.75 bits per heavy atom. The average molecular weight is 277 g/mol. The molecule has 1 saturated heterocycles. The van der Waals surface area contributed by atoms with Crippen LogP contribution in [0.5, 0.6) is 0 Å². The van der Waals surface area contributed by atoms with Gasteiger partial charge in [0.1, 0.15) is 0 Å². The second-order valence-corrected chi connectivity index (χ2v) is 5.79. The van der Waals surface area contributed by atoms with E-state index in [2.05, 4.69) is 40.5 Å². The van der Waals surface area contributed by atoms with E-state index in [1.165, 1.54) is 5.56 Å². The molecule has 1 aromatic rings. The number of unbranched alkanes of at least 4 members (excludes halogenated alkanes) is 1. The van der Waals surface area contributed by atoms with Crippen molar-refractivity contribution in [2.75, 3.05) is 32.8 Å². The van der Waals surface area contributed by atoms with Crippen molar-refractivity contribution in [2.24, 2.45) is 5.73 Å². The highest BCUT2D eigenvalue weighted by Gasteiger charge is 2.36. The third-order valence-corrected chi connectivity index (χ3v) is 4.16. The minimum absolute atomic E-state index is 0.0598. The van der Waals surface area contributed by atoms with Crippen LogP contribution < -0.4 is 11.1 Å². The summed E-state index contributed by atoms with van der Waals surface area (Å²) in [4.78, 5) is 2.47. The zero-order valence-corrected chi connectivity index (χ0v) is 12.2. The molecule has 1 unspecified atom stereocenters. The molecule has 0 aromatic heterocycles. The van der Waals surface area contributed by atoms with E-state index in [1.54, 1.807) is 0 Å². The van der Waals surface area contributed by atoms with E-state index in [0.29, 0.717) is 6.54 Å². The summed E-state index contributed by atoms with van der Waals surface area (Å²) in [5, 5.41) is 12.4. The van der Waals surface area contributed by atoms with Crippen LogP contribution in [0.2, 0.25) is 0 Å². The number of hydrogen-bond acceptors (Lipinski definition) is 4. The van der Waals surface area contributed by atoms with Gasteiger partial charge < -0.3 is 16.2 Å². The molecule has 0 spiro atoms. The molecule has 1 atom stereocenters. The molecule has 0 aliphatic carbocycles. The van der Waals surface area contributed by atoms with Gasteiger partial charge in [-0.3, -0.25) is 4.90 Å². The van der Waals surface area contributed by atoms with Crippen molar-refractivity contribution in [3.05, 3.63) is 35.9 Å². The second-order valence-electron chi connectivity index (χ2n) is 5.79. The van der Waals surface area contributed by atoms with Crippen LogP contribution in [0.15, 0.2) is 30.3 Å². The number of nitrogens with zero attached hydrogens (tertiary/aromatic N) is 1. The van der Waals surface area contributed by atoms with Crippen molar-refractivity contribution in [1.82, 2.24) is 10.2 Å². The highest BCUT2D eigenvalue weighted by atomic mass is 16.2. The van der Waals surface area contributed by atoms with Crippen molar-refractivity contribution in [1.29, 1.82) is 0 Å². The Bertz CT molecular complexity index is 385. The van der Waals surface area contributed by atoms with Gasteiger partial charge in [0.05, 0.1) is 0 Å². The van der Waals surface area contributed by atoms with E-state index in [-0.39, 0.29) is 12.1 Å². The van der Waals surface area contributed by atoms with Gasteiger partial charge in [-0.2, -0.15) is 0 Å². The minimum atomic E-state index is 0.0598. The molecule has 112 valence electrons. The van der Waals surface area contributed by atoms with Crippen molar-refractivity contribution < 1.29 is 5.11 Å². The zero-order valence-electron chi connectivity index (χ0n) is 12.2. The maximum Gasteiger partial charge on any atom is 0.0444 e. The van der Waals surface area contributed by atoms with Crippen LogP contribution in [0, 0.1) is 0 Å². The van der Waals surface area contributed by atoms with E-state index in [9.17, 15) is 0 Å². The highest BCUT2D eigenvalue weighted by Crippen LogP contribution is 2.22. The predicted molar refractivity (Wildman–Crippen MR) is 82.4 cm³/mol. The third kappa shape index (κ3) is 4.28. The second kappa shape index (κ2) is 7.74. The predicted octanol–water partition coefficient (Wildman–Crippen LogP) is 0.952. The summed E-state index contributed by atoms with van der Waals surface area (Å²) < 4.78 is 0. The molecule has 1 aliphatic rings. The smallest absolute Gasteiger partial charge is 0.0444 e. The van der Waals surface area contributed by atoms with Gasteiger partial charge in [0.15, 0.2) is 0 Å². The summed E-state index contributed by atoms with van der Waals surface area (Å²) in [6, 6.07) is 10.6. The standard InChI is InChI=1S/C16H27N3O/c17-13-16(18-9-4-5-11-20)8-10-19(14-16)12-15-6-2-1-3-7-15/h1-3,6-7,18,20H,4-5,8-14,17H2. The van der Waals surface area contributed by atoms with Crippen molar-refractivity contribution in [3.8, 4) is 0 Å². The Balaban J connectivity index is 1.82. The molecular formula is C16H27N3O. The monoisotopic (exact) mass is 277 g/mol. The van der Waals surface area contributed by atoms with Crippen molar-refractivity contribution in [3.63, 3.8) is 0 Å². The molecule has 4 nitrogen and oxygen atoms in total. The molecule has 20 heavy (non-hydrogen) atoms. The van der Waals surface area contributed by atoms with E-state index in [4.69, 9.17) is 10.8 Å². The fourth-order valence-electron chi connectivity index (χ4n) is 2.91. The summed E-state index contributed by atoms with van der Waals surface area (Å²) >= 11 is 0. The molecule has 1 fully saturated rings. The lowest BCUT2D eigenvalue weighted by Gasteiger charge is -2.29. The minimum Gasteiger partial charge on any atom is -0.396 e. The summed E-state index contributed by atoms with van der Waals surface area (Å²) in [5.41, 5.74) is 7.42. The van der Waals surface area contributed by atoms with E-state index < -0.39 is 0 Å². The van der Waals surface area contributed by atoms with Gasteiger partial charge in [0.25, 0.3) is 0 Å². The molecule has 1 aromatic carbocycles. The molecule has 0 amide bonds. The highest BCUT2D eigenvalue weighted by molar-refractivity contribution is 5.15. The lowest BCUT2D eigenvalue weighted by atomic mass is 9.98. The number of nitrogens with two attached hydrogens (primary N) is 1. The number of aliphatic hydroxyl groups excluding tert-OH is 1. The van der Waals surface area contributed by atoms with Crippen LogP contribution in [-0.2, 0) is 6.54 Å².